The molecule has 1 amide bonds. The molecule has 1 rings (SSSR count). The lowest BCUT2D eigenvalue weighted by atomic mass is 10.0. The number of hydrogen-bond acceptors (Lipinski definition) is 3. The Morgan fingerprint density at radius 2 is 1.90 bits per heavy atom. The lowest BCUT2D eigenvalue weighted by Gasteiger charge is -2.22. The lowest BCUT2D eigenvalue weighted by Crippen LogP contribution is -2.34. The van der Waals surface area contributed by atoms with E-state index in [1.807, 2.05) is 0 Å². The quantitative estimate of drug-likeness (QED) is 0.861. The predicted octanol–water partition coefficient (Wildman–Crippen LogP) is 3.61. The van der Waals surface area contributed by atoms with E-state index in [1.54, 1.807) is 27.7 Å². The van der Waals surface area contributed by atoms with Crippen LogP contribution in [0.25, 0.3) is 0 Å². The average Bonchev–Trinajstić information content (AvgIpc) is 2.25. The Balaban J connectivity index is 2.80. The average molecular weight is 281 g/mol. The molecule has 0 saturated carbocycles. The maximum Gasteiger partial charge on any atom is 0.408 e. The molecular formula is C15H20FNO3. The van der Waals surface area contributed by atoms with Crippen LogP contribution in [0.3, 0.4) is 0 Å². The van der Waals surface area contributed by atoms with Crippen molar-refractivity contribution in [2.24, 2.45) is 0 Å². The van der Waals surface area contributed by atoms with Crippen molar-refractivity contribution in [3.63, 3.8) is 0 Å². The Kier molecular flexibility index (Phi) is 4.87. The smallest absolute Gasteiger partial charge is 0.408 e. The van der Waals surface area contributed by atoms with Gasteiger partial charge in [0.1, 0.15) is 11.4 Å². The number of nitrogens with one attached hydrogen (secondary N) is 1. The van der Waals surface area contributed by atoms with Gasteiger partial charge in [-0.3, -0.25) is 4.79 Å². The molecule has 0 fully saturated rings. The summed E-state index contributed by atoms with van der Waals surface area (Å²) in [5.41, 5.74) is -0.00234. The van der Waals surface area contributed by atoms with Crippen molar-refractivity contribution in [2.75, 3.05) is 0 Å². The van der Waals surface area contributed by atoms with Crippen LogP contribution in [0, 0.1) is 5.82 Å². The topological polar surface area (TPSA) is 55.4 Å². The summed E-state index contributed by atoms with van der Waals surface area (Å²) in [4.78, 5) is 22.8. The van der Waals surface area contributed by atoms with Crippen molar-refractivity contribution in [1.82, 2.24) is 5.32 Å². The number of carbonyl (C=O) groups is 2. The van der Waals surface area contributed by atoms with Gasteiger partial charge >= 0.3 is 6.09 Å². The Hall–Kier alpha value is -1.91. The third-order valence-electron chi connectivity index (χ3n) is 2.61. The van der Waals surface area contributed by atoms with Crippen molar-refractivity contribution in [3.8, 4) is 0 Å². The van der Waals surface area contributed by atoms with Crippen molar-refractivity contribution < 1.29 is 18.7 Å². The number of benzene rings is 1. The molecule has 1 aromatic rings. The van der Waals surface area contributed by atoms with E-state index in [0.29, 0.717) is 11.1 Å². The molecule has 110 valence electrons. The summed E-state index contributed by atoms with van der Waals surface area (Å²) in [6, 6.07) is 3.65. The van der Waals surface area contributed by atoms with Crippen molar-refractivity contribution in [2.45, 2.75) is 46.3 Å². The minimum atomic E-state index is -0.611. The van der Waals surface area contributed by atoms with Gasteiger partial charge in [-0.05, 0) is 40.7 Å². The maximum atomic E-state index is 13.9. The number of amides is 1. The number of rotatable bonds is 3. The van der Waals surface area contributed by atoms with E-state index >= 15 is 0 Å². The number of ether oxygens (including phenoxy) is 1. The first-order valence-electron chi connectivity index (χ1n) is 6.40. The van der Waals surface area contributed by atoms with Gasteiger partial charge < -0.3 is 10.1 Å². The van der Waals surface area contributed by atoms with E-state index in [4.69, 9.17) is 4.74 Å². The van der Waals surface area contributed by atoms with Crippen LogP contribution < -0.4 is 5.32 Å². The standard InChI is InChI=1S/C15H20FNO3/c1-9(17-14(19)20-15(3,4)5)12-7-6-11(10(2)18)8-13(12)16/h6-9H,1-5H3,(H,17,19). The van der Waals surface area contributed by atoms with E-state index in [0.717, 1.165) is 0 Å². The third-order valence-corrected chi connectivity index (χ3v) is 2.61. The summed E-state index contributed by atoms with van der Waals surface area (Å²) in [5.74, 6) is -0.732. The van der Waals surface area contributed by atoms with E-state index in [2.05, 4.69) is 5.32 Å². The number of alkyl carbamates (subject to hydrolysis) is 1. The van der Waals surface area contributed by atoms with Crippen LogP contribution >= 0.6 is 0 Å². The molecule has 0 aliphatic heterocycles. The van der Waals surface area contributed by atoms with Crippen LogP contribution in [0.4, 0.5) is 9.18 Å². The van der Waals surface area contributed by atoms with Crippen LogP contribution in [0.5, 0.6) is 0 Å². The Morgan fingerprint density at radius 1 is 1.30 bits per heavy atom. The van der Waals surface area contributed by atoms with Gasteiger partial charge in [-0.15, -0.1) is 0 Å². The first-order valence-corrected chi connectivity index (χ1v) is 6.40. The molecule has 1 aromatic carbocycles. The highest BCUT2D eigenvalue weighted by Crippen LogP contribution is 2.19. The van der Waals surface area contributed by atoms with Gasteiger partial charge in [0.2, 0.25) is 0 Å². The van der Waals surface area contributed by atoms with Crippen molar-refractivity contribution in [3.05, 3.63) is 35.1 Å². The molecule has 5 heteroatoms. The fourth-order valence-corrected chi connectivity index (χ4v) is 1.66. The highest BCUT2D eigenvalue weighted by molar-refractivity contribution is 5.94. The minimum absolute atomic E-state index is 0.205. The molecule has 1 unspecified atom stereocenters. The molecule has 1 N–H and O–H groups in total. The van der Waals surface area contributed by atoms with E-state index in [1.165, 1.54) is 25.1 Å². The summed E-state index contributed by atoms with van der Waals surface area (Å²) in [6.45, 7) is 8.27. The SMILES string of the molecule is CC(=O)c1ccc(C(C)NC(=O)OC(C)(C)C)c(F)c1. The molecule has 0 radical (unpaired) electrons. The fraction of sp³-hybridized carbons (Fsp3) is 0.467. The molecule has 0 bridgehead atoms. The summed E-state index contributed by atoms with van der Waals surface area (Å²) < 4.78 is 19.0. The second kappa shape index (κ2) is 6.03. The highest BCUT2D eigenvalue weighted by atomic mass is 19.1. The van der Waals surface area contributed by atoms with E-state index in [-0.39, 0.29) is 5.78 Å². The summed E-state index contributed by atoms with van der Waals surface area (Å²) in [7, 11) is 0. The van der Waals surface area contributed by atoms with Gasteiger partial charge in [0.05, 0.1) is 6.04 Å². The lowest BCUT2D eigenvalue weighted by molar-refractivity contribution is 0.0507. The van der Waals surface area contributed by atoms with Crippen molar-refractivity contribution >= 4 is 11.9 Å². The first-order chi connectivity index (χ1) is 9.10. The second-order valence-corrected chi connectivity index (χ2v) is 5.66. The zero-order valence-electron chi connectivity index (χ0n) is 12.4. The largest absolute Gasteiger partial charge is 0.444 e. The van der Waals surface area contributed by atoms with Crippen LogP contribution in [0.2, 0.25) is 0 Å². The molecule has 0 aliphatic rings. The number of Topliss-reactive ketones (excluding diaryl/α,β-unsaturated/α-hetero) is 1. The number of halogens is 1. The first kappa shape index (κ1) is 16.1. The summed E-state index contributed by atoms with van der Waals surface area (Å²) >= 11 is 0. The van der Waals surface area contributed by atoms with Gasteiger partial charge in [0, 0.05) is 11.1 Å². The monoisotopic (exact) mass is 281 g/mol. The number of ketones is 1. The fourth-order valence-electron chi connectivity index (χ4n) is 1.66. The molecule has 0 aliphatic carbocycles. The minimum Gasteiger partial charge on any atom is -0.444 e. The summed E-state index contributed by atoms with van der Waals surface area (Å²) in [6.07, 6.45) is -0.611. The third kappa shape index (κ3) is 4.64. The van der Waals surface area contributed by atoms with E-state index < -0.39 is 23.6 Å². The maximum absolute atomic E-state index is 13.9. The number of carbonyl (C=O) groups excluding carboxylic acids is 2. The van der Waals surface area contributed by atoms with Gasteiger partial charge in [-0.1, -0.05) is 12.1 Å². The molecule has 0 spiro atoms. The normalized spacial score (nSPS) is 12.7. The molecular weight excluding hydrogens is 261 g/mol. The Labute approximate surface area is 118 Å². The van der Waals surface area contributed by atoms with Crippen molar-refractivity contribution in [1.29, 1.82) is 0 Å². The molecule has 0 heterocycles. The Bertz CT molecular complexity index is 520. The molecule has 0 saturated heterocycles. The highest BCUT2D eigenvalue weighted by Gasteiger charge is 2.20. The zero-order valence-corrected chi connectivity index (χ0v) is 12.4. The van der Waals surface area contributed by atoms with Crippen LogP contribution in [0.15, 0.2) is 18.2 Å². The van der Waals surface area contributed by atoms with Crippen LogP contribution in [-0.4, -0.2) is 17.5 Å². The summed E-state index contributed by atoms with van der Waals surface area (Å²) in [5, 5.41) is 2.56. The van der Waals surface area contributed by atoms with Gasteiger partial charge in [0.25, 0.3) is 0 Å². The molecule has 1 atom stereocenters. The van der Waals surface area contributed by atoms with Gasteiger partial charge in [-0.25, -0.2) is 9.18 Å². The van der Waals surface area contributed by atoms with Crippen LogP contribution in [-0.2, 0) is 4.74 Å². The number of hydrogen-bond donors (Lipinski definition) is 1. The van der Waals surface area contributed by atoms with Crippen LogP contribution in [0.1, 0.15) is 56.6 Å². The molecule has 20 heavy (non-hydrogen) atoms. The molecule has 0 aromatic heterocycles. The van der Waals surface area contributed by atoms with Gasteiger partial charge in [-0.2, -0.15) is 0 Å². The van der Waals surface area contributed by atoms with Gasteiger partial charge in [0.15, 0.2) is 5.78 Å². The van der Waals surface area contributed by atoms with E-state index in [9.17, 15) is 14.0 Å². The molecule has 4 nitrogen and oxygen atoms in total. The Morgan fingerprint density at radius 3 is 2.35 bits per heavy atom. The zero-order chi connectivity index (χ0) is 15.5. The second-order valence-electron chi connectivity index (χ2n) is 5.66. The predicted molar refractivity (Wildman–Crippen MR) is 74.2 cm³/mol.